The maximum absolute atomic E-state index is 7.33. The van der Waals surface area contributed by atoms with Crippen molar-refractivity contribution in [2.24, 2.45) is 5.73 Å². The third-order valence-electron chi connectivity index (χ3n) is 4.32. The molecule has 0 radical (unpaired) electrons. The van der Waals surface area contributed by atoms with Crippen LogP contribution in [0.5, 0.6) is 0 Å². The number of rotatable bonds is 5. The standard InChI is InChI=1S/C13H25N3O/c1-2-16(8-4-12(14)15)11-5-9-17-13(10-11)6-3-7-13/h11H,2-10H2,1H3,(H3,14,15). The van der Waals surface area contributed by atoms with Gasteiger partial charge in [0.15, 0.2) is 0 Å². The van der Waals surface area contributed by atoms with E-state index in [4.69, 9.17) is 15.9 Å². The van der Waals surface area contributed by atoms with Crippen LogP contribution < -0.4 is 5.73 Å². The predicted octanol–water partition coefficient (Wildman–Crippen LogP) is 1.74. The average Bonchev–Trinajstić information content (AvgIpc) is 2.28. The third-order valence-corrected chi connectivity index (χ3v) is 4.32. The van der Waals surface area contributed by atoms with Gasteiger partial charge in [0.1, 0.15) is 0 Å². The first-order chi connectivity index (χ1) is 8.15. The third kappa shape index (κ3) is 2.99. The van der Waals surface area contributed by atoms with Crippen molar-refractivity contribution in [1.29, 1.82) is 5.41 Å². The van der Waals surface area contributed by atoms with Gasteiger partial charge in [-0.05, 0) is 38.6 Å². The molecule has 98 valence electrons. The van der Waals surface area contributed by atoms with Crippen molar-refractivity contribution in [3.63, 3.8) is 0 Å². The molecule has 4 nitrogen and oxygen atoms in total. The van der Waals surface area contributed by atoms with E-state index >= 15 is 0 Å². The van der Waals surface area contributed by atoms with Crippen LogP contribution in [0.1, 0.15) is 45.4 Å². The number of nitrogens with two attached hydrogens (primary N) is 1. The van der Waals surface area contributed by atoms with E-state index < -0.39 is 0 Å². The van der Waals surface area contributed by atoms with Crippen molar-refractivity contribution < 1.29 is 4.74 Å². The molecule has 0 aromatic carbocycles. The normalized spacial score (nSPS) is 27.1. The van der Waals surface area contributed by atoms with Crippen LogP contribution in [0, 0.1) is 5.41 Å². The molecule has 1 spiro atoms. The summed E-state index contributed by atoms with van der Waals surface area (Å²) in [5.41, 5.74) is 5.66. The molecule has 1 aliphatic heterocycles. The summed E-state index contributed by atoms with van der Waals surface area (Å²) < 4.78 is 5.96. The minimum absolute atomic E-state index is 0.215. The SMILES string of the molecule is CCN(CCC(=N)N)C1CCOC2(CCC2)C1. The van der Waals surface area contributed by atoms with E-state index in [-0.39, 0.29) is 5.60 Å². The predicted molar refractivity (Wildman–Crippen MR) is 69.3 cm³/mol. The van der Waals surface area contributed by atoms with Crippen LogP contribution >= 0.6 is 0 Å². The zero-order valence-electron chi connectivity index (χ0n) is 10.9. The Hall–Kier alpha value is -0.610. The van der Waals surface area contributed by atoms with Crippen LogP contribution in [0.25, 0.3) is 0 Å². The Morgan fingerprint density at radius 1 is 1.53 bits per heavy atom. The highest BCUT2D eigenvalue weighted by atomic mass is 16.5. The Bertz CT molecular complexity index is 276. The topological polar surface area (TPSA) is 62.3 Å². The molecule has 0 amide bonds. The van der Waals surface area contributed by atoms with Gasteiger partial charge in [0.05, 0.1) is 11.4 Å². The molecule has 1 atom stereocenters. The lowest BCUT2D eigenvalue weighted by molar-refractivity contribution is -0.148. The van der Waals surface area contributed by atoms with Gasteiger partial charge >= 0.3 is 0 Å². The van der Waals surface area contributed by atoms with Gasteiger partial charge in [0.2, 0.25) is 0 Å². The van der Waals surface area contributed by atoms with Gasteiger partial charge in [-0.25, -0.2) is 0 Å². The van der Waals surface area contributed by atoms with Gasteiger partial charge in [-0.2, -0.15) is 0 Å². The zero-order chi connectivity index (χ0) is 12.3. The highest BCUT2D eigenvalue weighted by Gasteiger charge is 2.43. The molecular formula is C13H25N3O. The van der Waals surface area contributed by atoms with Crippen LogP contribution in [0.3, 0.4) is 0 Å². The highest BCUT2D eigenvalue weighted by molar-refractivity contribution is 5.76. The first-order valence-corrected chi connectivity index (χ1v) is 6.86. The molecule has 2 rings (SSSR count). The lowest BCUT2D eigenvalue weighted by Crippen LogP contribution is -2.52. The molecule has 17 heavy (non-hydrogen) atoms. The van der Waals surface area contributed by atoms with Gasteiger partial charge in [-0.3, -0.25) is 5.41 Å². The van der Waals surface area contributed by atoms with Crippen LogP contribution in [0.4, 0.5) is 0 Å². The lowest BCUT2D eigenvalue weighted by atomic mass is 9.73. The van der Waals surface area contributed by atoms with Gasteiger partial charge < -0.3 is 15.4 Å². The van der Waals surface area contributed by atoms with Gasteiger partial charge in [0.25, 0.3) is 0 Å². The minimum atomic E-state index is 0.215. The van der Waals surface area contributed by atoms with Crippen molar-refractivity contribution in [2.75, 3.05) is 19.7 Å². The maximum atomic E-state index is 7.33. The smallest absolute Gasteiger partial charge is 0.0918 e. The summed E-state index contributed by atoms with van der Waals surface area (Å²) in [6, 6.07) is 0.633. The molecular weight excluding hydrogens is 214 g/mol. The van der Waals surface area contributed by atoms with E-state index in [9.17, 15) is 0 Å². The van der Waals surface area contributed by atoms with E-state index in [1.54, 1.807) is 0 Å². The first kappa shape index (κ1) is 12.8. The summed E-state index contributed by atoms with van der Waals surface area (Å²) >= 11 is 0. The van der Waals surface area contributed by atoms with Crippen molar-refractivity contribution in [3.8, 4) is 0 Å². The minimum Gasteiger partial charge on any atom is -0.388 e. The van der Waals surface area contributed by atoms with E-state index in [0.29, 0.717) is 18.3 Å². The molecule has 0 aromatic heterocycles. The van der Waals surface area contributed by atoms with E-state index in [1.165, 1.54) is 25.7 Å². The van der Waals surface area contributed by atoms with Crippen LogP contribution in [0.15, 0.2) is 0 Å². The molecule has 1 saturated carbocycles. The Morgan fingerprint density at radius 2 is 2.29 bits per heavy atom. The summed E-state index contributed by atoms with van der Waals surface area (Å²) in [4.78, 5) is 2.48. The fourth-order valence-electron chi connectivity index (χ4n) is 3.10. The summed E-state index contributed by atoms with van der Waals surface area (Å²) in [6.07, 6.45) is 6.82. The molecule has 4 heteroatoms. The molecule has 0 bridgehead atoms. The fourth-order valence-corrected chi connectivity index (χ4v) is 3.10. The van der Waals surface area contributed by atoms with Crippen LogP contribution in [-0.4, -0.2) is 42.1 Å². The Labute approximate surface area is 104 Å². The summed E-state index contributed by atoms with van der Waals surface area (Å²) in [5.74, 6) is 0.300. The first-order valence-electron chi connectivity index (χ1n) is 6.86. The molecule has 2 fully saturated rings. The second kappa shape index (κ2) is 5.36. The Balaban J connectivity index is 1.87. The second-order valence-electron chi connectivity index (χ2n) is 5.44. The summed E-state index contributed by atoms with van der Waals surface area (Å²) in [7, 11) is 0. The molecule has 1 aliphatic carbocycles. The molecule has 2 aliphatic rings. The van der Waals surface area contributed by atoms with Crippen molar-refractivity contribution >= 4 is 5.84 Å². The Kier molecular flexibility index (Phi) is 4.05. The summed E-state index contributed by atoms with van der Waals surface area (Å²) in [5, 5.41) is 7.33. The maximum Gasteiger partial charge on any atom is 0.0918 e. The molecule has 0 aromatic rings. The van der Waals surface area contributed by atoms with Gasteiger partial charge in [-0.1, -0.05) is 6.92 Å². The van der Waals surface area contributed by atoms with E-state index in [0.717, 1.165) is 26.1 Å². The number of nitrogens with zero attached hydrogens (tertiary/aromatic N) is 1. The monoisotopic (exact) mass is 239 g/mol. The quantitative estimate of drug-likeness (QED) is 0.567. The van der Waals surface area contributed by atoms with E-state index in [1.807, 2.05) is 0 Å². The Morgan fingerprint density at radius 3 is 2.82 bits per heavy atom. The number of hydrogen-bond donors (Lipinski definition) is 2. The fraction of sp³-hybridized carbons (Fsp3) is 0.923. The number of hydrogen-bond acceptors (Lipinski definition) is 3. The highest BCUT2D eigenvalue weighted by Crippen LogP contribution is 2.43. The largest absolute Gasteiger partial charge is 0.388 e. The van der Waals surface area contributed by atoms with Crippen LogP contribution in [-0.2, 0) is 4.74 Å². The molecule has 1 unspecified atom stereocenters. The van der Waals surface area contributed by atoms with Gasteiger partial charge in [0, 0.05) is 25.6 Å². The number of amidine groups is 1. The second-order valence-corrected chi connectivity index (χ2v) is 5.44. The van der Waals surface area contributed by atoms with Gasteiger partial charge in [-0.15, -0.1) is 0 Å². The molecule has 1 heterocycles. The number of nitrogens with one attached hydrogen (secondary N) is 1. The van der Waals surface area contributed by atoms with E-state index in [2.05, 4.69) is 11.8 Å². The van der Waals surface area contributed by atoms with Crippen molar-refractivity contribution in [3.05, 3.63) is 0 Å². The zero-order valence-corrected chi connectivity index (χ0v) is 10.9. The van der Waals surface area contributed by atoms with Crippen molar-refractivity contribution in [2.45, 2.75) is 57.1 Å². The number of ether oxygens (including phenoxy) is 1. The van der Waals surface area contributed by atoms with Crippen LogP contribution in [0.2, 0.25) is 0 Å². The molecule has 1 saturated heterocycles. The van der Waals surface area contributed by atoms with Crippen molar-refractivity contribution in [1.82, 2.24) is 4.90 Å². The lowest BCUT2D eigenvalue weighted by Gasteiger charge is -2.49. The molecule has 3 N–H and O–H groups in total. The average molecular weight is 239 g/mol. The summed E-state index contributed by atoms with van der Waals surface area (Å²) in [6.45, 7) is 5.07.